The van der Waals surface area contributed by atoms with Crippen LogP contribution < -0.4 is 0 Å². The fraction of sp³-hybridized carbons (Fsp3) is 0.818. The maximum atomic E-state index is 2.44. The molecule has 0 aliphatic rings. The molecule has 0 aromatic carbocycles. The molecular weight excluding hydrogens is 296 g/mol. The van der Waals surface area contributed by atoms with Gasteiger partial charge in [0.05, 0.1) is 0 Å². The summed E-state index contributed by atoms with van der Waals surface area (Å²) in [6.07, 6.45) is 16.8. The topological polar surface area (TPSA) is 0 Å². The molecule has 0 saturated carbocycles. The highest BCUT2D eigenvalue weighted by molar-refractivity contribution is 7.08. The second-order valence-corrected chi connectivity index (χ2v) is 8.23. The number of thiophene rings is 1. The fourth-order valence-electron chi connectivity index (χ4n) is 3.54. The number of unbranched alkanes of at least 4 members (excludes halogenated alkanes) is 8. The normalized spacial score (nSPS) is 14.1. The van der Waals surface area contributed by atoms with Crippen LogP contribution in [0.3, 0.4) is 0 Å². The monoisotopic (exact) mass is 336 g/mol. The van der Waals surface area contributed by atoms with Gasteiger partial charge < -0.3 is 0 Å². The number of hydrogen-bond donors (Lipinski definition) is 0. The Morgan fingerprint density at radius 1 is 0.652 bits per heavy atom. The van der Waals surface area contributed by atoms with E-state index in [2.05, 4.69) is 38.5 Å². The fourth-order valence-corrected chi connectivity index (χ4v) is 4.64. The third-order valence-corrected chi connectivity index (χ3v) is 6.05. The molecule has 1 rings (SSSR count). The van der Waals surface area contributed by atoms with Gasteiger partial charge in [0.1, 0.15) is 0 Å². The zero-order valence-electron chi connectivity index (χ0n) is 16.2. The maximum absolute atomic E-state index is 2.44. The van der Waals surface area contributed by atoms with Gasteiger partial charge in [-0.2, -0.15) is 11.3 Å². The van der Waals surface area contributed by atoms with Crippen LogP contribution in [-0.2, 0) is 0 Å². The van der Waals surface area contributed by atoms with Crippen LogP contribution in [0.4, 0.5) is 0 Å². The summed E-state index contributed by atoms with van der Waals surface area (Å²) in [5, 5.41) is 4.86. The van der Waals surface area contributed by atoms with Gasteiger partial charge in [-0.05, 0) is 46.6 Å². The first-order valence-corrected chi connectivity index (χ1v) is 11.2. The van der Waals surface area contributed by atoms with E-state index in [-0.39, 0.29) is 0 Å². The minimum Gasteiger partial charge on any atom is -0.152 e. The smallest absolute Gasteiger partial charge is 0.00556 e. The molecule has 0 N–H and O–H groups in total. The lowest BCUT2D eigenvalue weighted by molar-refractivity contribution is 0.548. The van der Waals surface area contributed by atoms with E-state index < -0.39 is 0 Å². The van der Waals surface area contributed by atoms with E-state index in [0.717, 1.165) is 11.8 Å². The molecule has 1 aromatic rings. The number of rotatable bonds is 14. The molecule has 134 valence electrons. The average Bonchev–Trinajstić information content (AvgIpc) is 3.04. The molecular formula is C22H40S. The number of hydrogen-bond acceptors (Lipinski definition) is 1. The van der Waals surface area contributed by atoms with Gasteiger partial charge in [-0.1, -0.05) is 91.9 Å². The highest BCUT2D eigenvalue weighted by atomic mass is 32.1. The van der Waals surface area contributed by atoms with Crippen LogP contribution in [0.15, 0.2) is 10.8 Å². The molecule has 0 amide bonds. The van der Waals surface area contributed by atoms with E-state index in [9.17, 15) is 0 Å². The largest absolute Gasteiger partial charge is 0.152 e. The van der Waals surface area contributed by atoms with Gasteiger partial charge >= 0.3 is 0 Å². The first kappa shape index (κ1) is 20.7. The average molecular weight is 337 g/mol. The predicted molar refractivity (Wildman–Crippen MR) is 108 cm³/mol. The molecule has 0 aliphatic heterocycles. The highest BCUT2D eigenvalue weighted by Gasteiger charge is 2.16. The van der Waals surface area contributed by atoms with E-state index in [1.807, 2.05) is 11.3 Å². The Balaban J connectivity index is 2.35. The van der Waals surface area contributed by atoms with Crippen molar-refractivity contribution >= 4 is 11.3 Å². The summed E-state index contributed by atoms with van der Waals surface area (Å²) in [6, 6.07) is 0. The molecule has 23 heavy (non-hydrogen) atoms. The SMILES string of the molecule is CCCCCCC[C@H](C)c1cscc1[C@@H](C)CCCCCCC. The lowest BCUT2D eigenvalue weighted by Crippen LogP contribution is -2.01. The van der Waals surface area contributed by atoms with Gasteiger partial charge in [0.25, 0.3) is 0 Å². The van der Waals surface area contributed by atoms with Gasteiger partial charge in [0.2, 0.25) is 0 Å². The zero-order chi connectivity index (χ0) is 16.9. The quantitative estimate of drug-likeness (QED) is 0.298. The van der Waals surface area contributed by atoms with Crippen molar-refractivity contribution in [2.45, 2.75) is 117 Å². The third kappa shape index (κ3) is 8.38. The summed E-state index contributed by atoms with van der Waals surface area (Å²) in [4.78, 5) is 0. The second-order valence-electron chi connectivity index (χ2n) is 7.49. The molecule has 0 nitrogen and oxygen atoms in total. The summed E-state index contributed by atoms with van der Waals surface area (Å²) in [5.74, 6) is 1.50. The van der Waals surface area contributed by atoms with Crippen molar-refractivity contribution in [3.05, 3.63) is 21.9 Å². The van der Waals surface area contributed by atoms with E-state index in [4.69, 9.17) is 0 Å². The minimum absolute atomic E-state index is 0.750. The Morgan fingerprint density at radius 3 is 1.43 bits per heavy atom. The summed E-state index contributed by atoms with van der Waals surface area (Å²) >= 11 is 1.92. The van der Waals surface area contributed by atoms with Crippen LogP contribution in [0.2, 0.25) is 0 Å². The van der Waals surface area contributed by atoms with Gasteiger partial charge in [-0.15, -0.1) is 0 Å². The van der Waals surface area contributed by atoms with Crippen molar-refractivity contribution in [1.82, 2.24) is 0 Å². The Labute approximate surface area is 150 Å². The molecule has 1 heteroatoms. The standard InChI is InChI=1S/C22H40S/c1-5-7-9-11-13-15-19(3)21-17-23-18-22(21)20(4)16-14-12-10-8-6-2/h17-20H,5-16H2,1-4H3/t19-,20-/m0/s1. The van der Waals surface area contributed by atoms with Crippen LogP contribution in [0.5, 0.6) is 0 Å². The Bertz CT molecular complexity index is 345. The summed E-state index contributed by atoms with van der Waals surface area (Å²) in [6.45, 7) is 9.48. The van der Waals surface area contributed by atoms with Gasteiger partial charge in [-0.3, -0.25) is 0 Å². The van der Waals surface area contributed by atoms with Gasteiger partial charge in [-0.25, -0.2) is 0 Å². The van der Waals surface area contributed by atoms with Crippen LogP contribution in [0, 0.1) is 0 Å². The van der Waals surface area contributed by atoms with E-state index >= 15 is 0 Å². The molecule has 1 heterocycles. The van der Waals surface area contributed by atoms with Crippen LogP contribution >= 0.6 is 11.3 Å². The molecule has 0 radical (unpaired) electrons. The predicted octanol–water partition coefficient (Wildman–Crippen LogP) is 8.68. The molecule has 0 bridgehead atoms. The van der Waals surface area contributed by atoms with Crippen molar-refractivity contribution in [3.8, 4) is 0 Å². The van der Waals surface area contributed by atoms with Crippen molar-refractivity contribution in [1.29, 1.82) is 0 Å². The molecule has 0 spiro atoms. The summed E-state index contributed by atoms with van der Waals surface area (Å²) in [5.41, 5.74) is 3.32. The van der Waals surface area contributed by atoms with Gasteiger partial charge in [0, 0.05) is 0 Å². The third-order valence-electron chi connectivity index (χ3n) is 5.27. The van der Waals surface area contributed by atoms with E-state index in [1.54, 1.807) is 11.1 Å². The molecule has 1 aromatic heterocycles. The first-order valence-electron chi connectivity index (χ1n) is 10.3. The highest BCUT2D eigenvalue weighted by Crippen LogP contribution is 2.34. The molecule has 0 fully saturated rings. The lowest BCUT2D eigenvalue weighted by atomic mass is 9.87. The van der Waals surface area contributed by atoms with Crippen LogP contribution in [-0.4, -0.2) is 0 Å². The van der Waals surface area contributed by atoms with E-state index in [1.165, 1.54) is 77.0 Å². The van der Waals surface area contributed by atoms with Crippen LogP contribution in [0.25, 0.3) is 0 Å². The van der Waals surface area contributed by atoms with E-state index in [0.29, 0.717) is 0 Å². The molecule has 2 atom stereocenters. The van der Waals surface area contributed by atoms with Crippen molar-refractivity contribution in [2.24, 2.45) is 0 Å². The Kier molecular flexibility index (Phi) is 11.8. The van der Waals surface area contributed by atoms with Crippen molar-refractivity contribution in [3.63, 3.8) is 0 Å². The lowest BCUT2D eigenvalue weighted by Gasteiger charge is -2.17. The Morgan fingerprint density at radius 2 is 1.04 bits per heavy atom. The zero-order valence-corrected chi connectivity index (χ0v) is 17.0. The summed E-state index contributed by atoms with van der Waals surface area (Å²) < 4.78 is 0. The summed E-state index contributed by atoms with van der Waals surface area (Å²) in [7, 11) is 0. The maximum Gasteiger partial charge on any atom is -0.00556 e. The first-order chi connectivity index (χ1) is 11.2. The second kappa shape index (κ2) is 13.0. The van der Waals surface area contributed by atoms with Crippen molar-refractivity contribution < 1.29 is 0 Å². The molecule has 0 unspecified atom stereocenters. The van der Waals surface area contributed by atoms with Crippen LogP contribution in [0.1, 0.15) is 128 Å². The van der Waals surface area contributed by atoms with Gasteiger partial charge in [0.15, 0.2) is 0 Å². The van der Waals surface area contributed by atoms with Crippen molar-refractivity contribution in [2.75, 3.05) is 0 Å². The minimum atomic E-state index is 0.750. The Hall–Kier alpha value is -0.300. The molecule has 0 aliphatic carbocycles. The molecule has 0 saturated heterocycles.